The smallest absolute Gasteiger partial charge is 0.227 e. The van der Waals surface area contributed by atoms with Crippen molar-refractivity contribution in [1.29, 1.82) is 0 Å². The molecule has 3 nitrogen and oxygen atoms in total. The number of fused-ring (bicyclic) bond motifs is 1. The van der Waals surface area contributed by atoms with Gasteiger partial charge in [-0.2, -0.15) is 0 Å². The van der Waals surface area contributed by atoms with Crippen molar-refractivity contribution in [3.05, 3.63) is 70.0 Å². The van der Waals surface area contributed by atoms with E-state index in [-0.39, 0.29) is 17.6 Å². The fourth-order valence-corrected chi connectivity index (χ4v) is 4.47. The number of amides is 1. The lowest BCUT2D eigenvalue weighted by atomic mass is 9.93. The highest BCUT2D eigenvalue weighted by Crippen LogP contribution is 2.27. The van der Waals surface area contributed by atoms with Crippen LogP contribution in [-0.4, -0.2) is 35.3 Å². The van der Waals surface area contributed by atoms with E-state index in [1.54, 1.807) is 12.1 Å². The molecule has 0 radical (unpaired) electrons. The molecule has 0 saturated carbocycles. The molecule has 2 aromatic carbocycles. The number of likely N-dealkylation sites (tertiary alicyclic amines) is 1. The number of hydrogen-bond donors (Lipinski definition) is 0. The third-order valence-corrected chi connectivity index (χ3v) is 6.09. The third-order valence-electron chi connectivity index (χ3n) is 5.74. The number of carbonyl (C=O) groups excluding carboxylic acids is 1. The van der Waals surface area contributed by atoms with Crippen LogP contribution in [0.1, 0.15) is 29.5 Å². The minimum absolute atomic E-state index is 0.0189. The van der Waals surface area contributed by atoms with Crippen LogP contribution in [0.5, 0.6) is 0 Å². The predicted molar refractivity (Wildman–Crippen MR) is 105 cm³/mol. The Labute approximate surface area is 164 Å². The van der Waals surface area contributed by atoms with Crippen molar-refractivity contribution >= 4 is 17.5 Å². The Kier molecular flexibility index (Phi) is 5.46. The molecule has 4 rings (SSSR count). The van der Waals surface area contributed by atoms with Gasteiger partial charge in [0.2, 0.25) is 5.91 Å². The molecule has 0 aromatic heterocycles. The van der Waals surface area contributed by atoms with Crippen LogP contribution in [0.4, 0.5) is 4.39 Å². The maximum atomic E-state index is 14.1. The maximum Gasteiger partial charge on any atom is 0.227 e. The molecule has 1 atom stereocenters. The fourth-order valence-electron chi connectivity index (χ4n) is 4.25. The van der Waals surface area contributed by atoms with Gasteiger partial charge in [0.05, 0.1) is 5.92 Å². The lowest BCUT2D eigenvalue weighted by Crippen LogP contribution is -2.46. The van der Waals surface area contributed by atoms with E-state index in [2.05, 4.69) is 23.1 Å². The van der Waals surface area contributed by atoms with E-state index < -0.39 is 0 Å². The minimum Gasteiger partial charge on any atom is -0.338 e. The first-order chi connectivity index (χ1) is 13.1. The van der Waals surface area contributed by atoms with E-state index in [0.29, 0.717) is 30.2 Å². The predicted octanol–water partition coefficient (Wildman–Crippen LogP) is 4.28. The molecule has 5 heteroatoms. The van der Waals surface area contributed by atoms with Crippen molar-refractivity contribution in [3.8, 4) is 0 Å². The van der Waals surface area contributed by atoms with E-state index in [1.807, 2.05) is 11.0 Å². The Balaban J connectivity index is 1.42. The zero-order valence-electron chi connectivity index (χ0n) is 15.3. The summed E-state index contributed by atoms with van der Waals surface area (Å²) in [6.07, 6.45) is 2.77. The maximum absolute atomic E-state index is 14.1. The van der Waals surface area contributed by atoms with Crippen molar-refractivity contribution in [2.45, 2.75) is 32.4 Å². The summed E-state index contributed by atoms with van der Waals surface area (Å²) in [7, 11) is 0. The number of carbonyl (C=O) groups is 1. The van der Waals surface area contributed by atoms with Gasteiger partial charge in [-0.3, -0.25) is 9.69 Å². The number of benzene rings is 2. The van der Waals surface area contributed by atoms with Crippen LogP contribution in [0.2, 0.25) is 5.02 Å². The largest absolute Gasteiger partial charge is 0.338 e. The molecular weight excluding hydrogens is 363 g/mol. The second kappa shape index (κ2) is 7.99. The number of hydrogen-bond acceptors (Lipinski definition) is 2. The SMILES string of the molecule is O=C(C1CCCN(Cc2c(F)cccc2Cl)C1)N1CCc2ccccc2C1. The second-order valence-corrected chi connectivity index (χ2v) is 7.96. The third kappa shape index (κ3) is 4.02. The van der Waals surface area contributed by atoms with Crippen LogP contribution in [0, 0.1) is 11.7 Å². The van der Waals surface area contributed by atoms with Gasteiger partial charge in [0.1, 0.15) is 5.82 Å². The molecular formula is C22H24ClFN2O. The van der Waals surface area contributed by atoms with Crippen LogP contribution in [0.3, 0.4) is 0 Å². The van der Waals surface area contributed by atoms with Crippen molar-refractivity contribution in [3.63, 3.8) is 0 Å². The molecule has 0 N–H and O–H groups in total. The highest BCUT2D eigenvalue weighted by atomic mass is 35.5. The topological polar surface area (TPSA) is 23.6 Å². The molecule has 1 saturated heterocycles. The summed E-state index contributed by atoms with van der Waals surface area (Å²) in [6, 6.07) is 13.1. The van der Waals surface area contributed by atoms with Gasteiger partial charge in [0.25, 0.3) is 0 Å². The Bertz CT molecular complexity index is 821. The summed E-state index contributed by atoms with van der Waals surface area (Å²) in [5, 5.41) is 0.455. The van der Waals surface area contributed by atoms with Crippen LogP contribution >= 0.6 is 11.6 Å². The Hall–Kier alpha value is -1.91. The summed E-state index contributed by atoms with van der Waals surface area (Å²) in [5.74, 6) is -0.0630. The van der Waals surface area contributed by atoms with Crippen LogP contribution in [0.15, 0.2) is 42.5 Å². The van der Waals surface area contributed by atoms with E-state index in [0.717, 1.165) is 32.4 Å². The molecule has 1 fully saturated rings. The van der Waals surface area contributed by atoms with Gasteiger partial charge >= 0.3 is 0 Å². The van der Waals surface area contributed by atoms with Crippen LogP contribution < -0.4 is 0 Å². The average Bonchev–Trinajstić information content (AvgIpc) is 2.70. The Morgan fingerprint density at radius 1 is 1.11 bits per heavy atom. The molecule has 142 valence electrons. The standard InChI is InChI=1S/C22H24ClFN2O/c23-20-8-3-9-21(24)19(20)15-25-11-4-7-18(13-25)22(27)26-12-10-16-5-1-2-6-17(16)14-26/h1-3,5-6,8-9,18H,4,7,10-15H2. The van der Waals surface area contributed by atoms with E-state index >= 15 is 0 Å². The summed E-state index contributed by atoms with van der Waals surface area (Å²) < 4.78 is 14.1. The molecule has 27 heavy (non-hydrogen) atoms. The zero-order valence-corrected chi connectivity index (χ0v) is 16.1. The Morgan fingerprint density at radius 2 is 1.93 bits per heavy atom. The summed E-state index contributed by atoms with van der Waals surface area (Å²) in [6.45, 7) is 3.48. The van der Waals surface area contributed by atoms with E-state index in [4.69, 9.17) is 11.6 Å². The van der Waals surface area contributed by atoms with Crippen molar-refractivity contribution in [2.24, 2.45) is 5.92 Å². The lowest BCUT2D eigenvalue weighted by Gasteiger charge is -2.37. The van der Waals surface area contributed by atoms with Gasteiger partial charge < -0.3 is 4.90 Å². The number of nitrogens with zero attached hydrogens (tertiary/aromatic N) is 2. The van der Waals surface area contributed by atoms with E-state index in [9.17, 15) is 9.18 Å². The molecule has 0 bridgehead atoms. The number of piperidine rings is 1. The average molecular weight is 387 g/mol. The molecule has 0 aliphatic carbocycles. The lowest BCUT2D eigenvalue weighted by molar-refractivity contribution is -0.138. The van der Waals surface area contributed by atoms with Crippen LogP contribution in [-0.2, 0) is 24.3 Å². The van der Waals surface area contributed by atoms with Gasteiger partial charge in [-0.1, -0.05) is 41.9 Å². The van der Waals surface area contributed by atoms with Gasteiger partial charge in [-0.05, 0) is 49.1 Å². The normalized spacial score (nSPS) is 20.4. The molecule has 2 aliphatic rings. The molecule has 1 unspecified atom stereocenters. The molecule has 2 aromatic rings. The van der Waals surface area contributed by atoms with Crippen molar-refractivity contribution in [1.82, 2.24) is 9.80 Å². The van der Waals surface area contributed by atoms with Crippen LogP contribution in [0.25, 0.3) is 0 Å². The molecule has 2 aliphatic heterocycles. The summed E-state index contributed by atoms with van der Waals surface area (Å²) in [4.78, 5) is 17.2. The Morgan fingerprint density at radius 3 is 2.74 bits per heavy atom. The van der Waals surface area contributed by atoms with Gasteiger partial charge in [-0.15, -0.1) is 0 Å². The fraction of sp³-hybridized carbons (Fsp3) is 0.409. The first kappa shape index (κ1) is 18.5. The quantitative estimate of drug-likeness (QED) is 0.786. The summed E-state index contributed by atoms with van der Waals surface area (Å²) >= 11 is 6.18. The first-order valence-corrected chi connectivity index (χ1v) is 10.0. The van der Waals surface area contributed by atoms with Crippen molar-refractivity contribution in [2.75, 3.05) is 19.6 Å². The monoisotopic (exact) mass is 386 g/mol. The highest BCUT2D eigenvalue weighted by molar-refractivity contribution is 6.31. The van der Waals surface area contributed by atoms with Gasteiger partial charge in [-0.25, -0.2) is 4.39 Å². The minimum atomic E-state index is -0.274. The first-order valence-electron chi connectivity index (χ1n) is 9.62. The van der Waals surface area contributed by atoms with E-state index in [1.165, 1.54) is 17.2 Å². The van der Waals surface area contributed by atoms with Gasteiger partial charge in [0, 0.05) is 36.8 Å². The number of rotatable bonds is 3. The summed E-state index contributed by atoms with van der Waals surface area (Å²) in [5.41, 5.74) is 3.13. The van der Waals surface area contributed by atoms with Crippen molar-refractivity contribution < 1.29 is 9.18 Å². The van der Waals surface area contributed by atoms with Gasteiger partial charge in [0.15, 0.2) is 0 Å². The molecule has 0 spiro atoms. The second-order valence-electron chi connectivity index (χ2n) is 7.55. The zero-order chi connectivity index (χ0) is 18.8. The molecule has 2 heterocycles. The number of halogens is 2. The highest BCUT2D eigenvalue weighted by Gasteiger charge is 2.31. The molecule has 1 amide bonds.